The molecule has 3 heteroatoms. The van der Waals surface area contributed by atoms with E-state index in [1.165, 1.54) is 25.7 Å². The highest BCUT2D eigenvalue weighted by Crippen LogP contribution is 2.54. The molecular formula is C15H19ClO2. The number of aliphatic hydroxyl groups is 1. The van der Waals surface area contributed by atoms with E-state index in [1.54, 1.807) is 7.11 Å². The van der Waals surface area contributed by atoms with Gasteiger partial charge in [-0.1, -0.05) is 17.7 Å². The zero-order valence-electron chi connectivity index (χ0n) is 10.6. The van der Waals surface area contributed by atoms with Crippen molar-refractivity contribution in [2.75, 3.05) is 7.11 Å². The molecule has 2 aliphatic rings. The minimum atomic E-state index is -0.365. The summed E-state index contributed by atoms with van der Waals surface area (Å²) in [4.78, 5) is 0. The second-order valence-electron chi connectivity index (χ2n) is 5.59. The average molecular weight is 267 g/mol. The molecule has 2 aliphatic carbocycles. The molecule has 2 nitrogen and oxygen atoms in total. The van der Waals surface area contributed by atoms with Crippen molar-refractivity contribution in [1.82, 2.24) is 0 Å². The summed E-state index contributed by atoms with van der Waals surface area (Å²) in [5.41, 5.74) is 0.944. The first-order valence-corrected chi connectivity index (χ1v) is 7.10. The van der Waals surface area contributed by atoms with E-state index >= 15 is 0 Å². The molecule has 2 fully saturated rings. The SMILES string of the molecule is COc1cc(C(O)C(C2CC2)C2CC2)ccc1Cl. The Balaban J connectivity index is 1.83. The van der Waals surface area contributed by atoms with E-state index in [-0.39, 0.29) is 6.10 Å². The van der Waals surface area contributed by atoms with Gasteiger partial charge in [0.2, 0.25) is 0 Å². The van der Waals surface area contributed by atoms with E-state index in [9.17, 15) is 5.11 Å². The predicted octanol–water partition coefficient (Wildman–Crippen LogP) is 3.82. The molecule has 0 saturated heterocycles. The molecule has 0 spiro atoms. The van der Waals surface area contributed by atoms with Gasteiger partial charge in [0.1, 0.15) is 5.75 Å². The molecule has 0 amide bonds. The lowest BCUT2D eigenvalue weighted by atomic mass is 9.87. The van der Waals surface area contributed by atoms with Gasteiger partial charge in [0.15, 0.2) is 0 Å². The molecule has 0 aromatic heterocycles. The molecule has 1 N–H and O–H groups in total. The number of rotatable bonds is 5. The smallest absolute Gasteiger partial charge is 0.137 e. The summed E-state index contributed by atoms with van der Waals surface area (Å²) in [7, 11) is 1.61. The fraction of sp³-hybridized carbons (Fsp3) is 0.600. The lowest BCUT2D eigenvalue weighted by molar-refractivity contribution is 0.0819. The van der Waals surface area contributed by atoms with E-state index in [0.717, 1.165) is 17.4 Å². The van der Waals surface area contributed by atoms with Gasteiger partial charge in [0.25, 0.3) is 0 Å². The Bertz CT molecular complexity index is 426. The molecule has 1 aromatic rings. The summed E-state index contributed by atoms with van der Waals surface area (Å²) in [6, 6.07) is 5.62. The Kier molecular flexibility index (Phi) is 3.25. The van der Waals surface area contributed by atoms with Gasteiger partial charge in [-0.2, -0.15) is 0 Å². The van der Waals surface area contributed by atoms with Crippen LogP contribution in [0, 0.1) is 17.8 Å². The molecule has 2 saturated carbocycles. The third-order valence-electron chi connectivity index (χ3n) is 4.21. The van der Waals surface area contributed by atoms with Gasteiger partial charge in [-0.25, -0.2) is 0 Å². The van der Waals surface area contributed by atoms with Crippen LogP contribution in [0.25, 0.3) is 0 Å². The van der Waals surface area contributed by atoms with E-state index in [4.69, 9.17) is 16.3 Å². The summed E-state index contributed by atoms with van der Waals surface area (Å²) in [5.74, 6) is 2.55. The molecule has 0 heterocycles. The summed E-state index contributed by atoms with van der Waals surface area (Å²) < 4.78 is 5.22. The van der Waals surface area contributed by atoms with E-state index in [1.807, 2.05) is 18.2 Å². The van der Waals surface area contributed by atoms with Gasteiger partial charge < -0.3 is 9.84 Å². The van der Waals surface area contributed by atoms with Crippen molar-refractivity contribution in [3.05, 3.63) is 28.8 Å². The number of hydrogen-bond donors (Lipinski definition) is 1. The number of ether oxygens (including phenoxy) is 1. The van der Waals surface area contributed by atoms with Crippen molar-refractivity contribution >= 4 is 11.6 Å². The molecule has 3 rings (SSSR count). The highest BCUT2D eigenvalue weighted by atomic mass is 35.5. The predicted molar refractivity (Wildman–Crippen MR) is 71.9 cm³/mol. The van der Waals surface area contributed by atoms with Gasteiger partial charge >= 0.3 is 0 Å². The van der Waals surface area contributed by atoms with Crippen LogP contribution in [-0.4, -0.2) is 12.2 Å². The largest absolute Gasteiger partial charge is 0.495 e. The molecule has 1 unspecified atom stereocenters. The second kappa shape index (κ2) is 4.75. The fourth-order valence-corrected chi connectivity index (χ4v) is 3.14. The summed E-state index contributed by atoms with van der Waals surface area (Å²) in [5, 5.41) is 11.2. The Morgan fingerprint density at radius 2 is 1.83 bits per heavy atom. The Morgan fingerprint density at radius 1 is 1.22 bits per heavy atom. The highest BCUT2D eigenvalue weighted by molar-refractivity contribution is 6.32. The second-order valence-corrected chi connectivity index (χ2v) is 6.00. The molecular weight excluding hydrogens is 248 g/mol. The van der Waals surface area contributed by atoms with Crippen LogP contribution in [0.4, 0.5) is 0 Å². The summed E-state index contributed by atoms with van der Waals surface area (Å²) >= 11 is 6.02. The third kappa shape index (κ3) is 2.36. The minimum absolute atomic E-state index is 0.365. The molecule has 1 aromatic carbocycles. The first-order chi connectivity index (χ1) is 8.70. The Labute approximate surface area is 113 Å². The third-order valence-corrected chi connectivity index (χ3v) is 4.53. The van der Waals surface area contributed by atoms with Crippen LogP contribution < -0.4 is 4.74 Å². The maximum absolute atomic E-state index is 10.6. The Hall–Kier alpha value is -0.730. The van der Waals surface area contributed by atoms with Gasteiger partial charge in [0.05, 0.1) is 18.2 Å². The molecule has 0 aliphatic heterocycles. The monoisotopic (exact) mass is 266 g/mol. The zero-order valence-corrected chi connectivity index (χ0v) is 11.4. The molecule has 0 radical (unpaired) electrons. The fourth-order valence-electron chi connectivity index (χ4n) is 2.95. The van der Waals surface area contributed by atoms with Crippen molar-refractivity contribution < 1.29 is 9.84 Å². The van der Waals surface area contributed by atoms with Crippen molar-refractivity contribution in [2.45, 2.75) is 31.8 Å². The van der Waals surface area contributed by atoms with Crippen LogP contribution in [0.5, 0.6) is 5.75 Å². The van der Waals surface area contributed by atoms with Gasteiger partial charge in [-0.3, -0.25) is 0 Å². The molecule has 18 heavy (non-hydrogen) atoms. The topological polar surface area (TPSA) is 29.5 Å². The first kappa shape index (κ1) is 12.3. The maximum Gasteiger partial charge on any atom is 0.137 e. The van der Waals surface area contributed by atoms with Crippen LogP contribution in [0.1, 0.15) is 37.4 Å². The van der Waals surface area contributed by atoms with E-state index < -0.39 is 0 Å². The highest BCUT2D eigenvalue weighted by Gasteiger charge is 2.45. The minimum Gasteiger partial charge on any atom is -0.495 e. The van der Waals surface area contributed by atoms with Crippen LogP contribution in [0.15, 0.2) is 18.2 Å². The average Bonchev–Trinajstić information content (AvgIpc) is 3.24. The zero-order chi connectivity index (χ0) is 12.7. The van der Waals surface area contributed by atoms with Crippen LogP contribution in [0.2, 0.25) is 5.02 Å². The Morgan fingerprint density at radius 3 is 2.33 bits per heavy atom. The van der Waals surface area contributed by atoms with Crippen molar-refractivity contribution in [2.24, 2.45) is 17.8 Å². The lowest BCUT2D eigenvalue weighted by Gasteiger charge is -2.23. The molecule has 0 bridgehead atoms. The standard InChI is InChI=1S/C15H19ClO2/c1-18-13-8-11(6-7-12(13)16)15(17)14(9-2-3-9)10-4-5-10/h6-10,14-15,17H,2-5H2,1H3. The molecule has 1 atom stereocenters. The summed E-state index contributed by atoms with van der Waals surface area (Å²) in [6.45, 7) is 0. The van der Waals surface area contributed by atoms with Gasteiger partial charge in [-0.15, -0.1) is 0 Å². The maximum atomic E-state index is 10.6. The van der Waals surface area contributed by atoms with E-state index in [2.05, 4.69) is 0 Å². The van der Waals surface area contributed by atoms with Crippen LogP contribution >= 0.6 is 11.6 Å². The van der Waals surface area contributed by atoms with E-state index in [0.29, 0.717) is 16.7 Å². The van der Waals surface area contributed by atoms with Crippen LogP contribution in [0.3, 0.4) is 0 Å². The first-order valence-electron chi connectivity index (χ1n) is 6.72. The number of benzene rings is 1. The lowest BCUT2D eigenvalue weighted by Crippen LogP contribution is -2.17. The number of methoxy groups -OCH3 is 1. The quantitative estimate of drug-likeness (QED) is 0.878. The van der Waals surface area contributed by atoms with Gasteiger partial charge in [0, 0.05) is 0 Å². The van der Waals surface area contributed by atoms with Crippen LogP contribution in [-0.2, 0) is 0 Å². The molecule has 98 valence electrons. The number of aliphatic hydroxyl groups excluding tert-OH is 1. The number of hydrogen-bond acceptors (Lipinski definition) is 2. The number of halogens is 1. The van der Waals surface area contributed by atoms with Crippen molar-refractivity contribution in [3.63, 3.8) is 0 Å². The summed E-state index contributed by atoms with van der Waals surface area (Å²) in [6.07, 6.45) is 4.76. The van der Waals surface area contributed by atoms with Crippen molar-refractivity contribution in [3.8, 4) is 5.75 Å². The van der Waals surface area contributed by atoms with Gasteiger partial charge in [-0.05, 0) is 61.1 Å². The normalized spacial score (nSPS) is 21.1. The van der Waals surface area contributed by atoms with Crippen molar-refractivity contribution in [1.29, 1.82) is 0 Å².